The van der Waals surface area contributed by atoms with Gasteiger partial charge in [0.05, 0.1) is 18.7 Å². The molecule has 1 saturated carbocycles. The van der Waals surface area contributed by atoms with E-state index in [1.54, 1.807) is 31.5 Å². The highest BCUT2D eigenvalue weighted by atomic mass is 16.6. The number of carbonyl (C=O) groups is 1. The molecule has 122 valence electrons. The van der Waals surface area contributed by atoms with Crippen molar-refractivity contribution in [1.82, 2.24) is 20.6 Å². The normalized spacial score (nSPS) is 23.7. The van der Waals surface area contributed by atoms with Gasteiger partial charge in [-0.05, 0) is 31.9 Å². The van der Waals surface area contributed by atoms with Crippen LogP contribution in [-0.2, 0) is 11.2 Å². The molecule has 1 fully saturated rings. The molecule has 0 saturated heterocycles. The summed E-state index contributed by atoms with van der Waals surface area (Å²) in [5.74, 6) is 0.378. The van der Waals surface area contributed by atoms with Crippen molar-refractivity contribution in [2.75, 3.05) is 0 Å². The molecule has 2 aromatic heterocycles. The Morgan fingerprint density at radius 2 is 2.35 bits per heavy atom. The number of aryl methyl sites for hydroxylation is 1. The minimum absolute atomic E-state index is 0.0761. The number of hydrogen-bond acceptors (Lipinski definition) is 7. The molecule has 2 heterocycles. The van der Waals surface area contributed by atoms with E-state index >= 15 is 0 Å². The highest BCUT2D eigenvalue weighted by Gasteiger charge is 2.37. The van der Waals surface area contributed by atoms with Crippen molar-refractivity contribution in [3.63, 3.8) is 0 Å². The Kier molecular flexibility index (Phi) is 4.52. The quantitative estimate of drug-likeness (QED) is 0.821. The molecule has 23 heavy (non-hydrogen) atoms. The number of nitrogens with one attached hydrogen (secondary N) is 1. The molecule has 1 amide bonds. The molecular formula is C15H18N4O4. The molecule has 0 aliphatic heterocycles. The highest BCUT2D eigenvalue weighted by molar-refractivity contribution is 5.78. The SMILES string of the molecule is Cc1nonc1CC(=O)N[C@@H]1CC[C@@H](Oc2cccnc2)[C@@H]1O. The molecule has 2 aromatic rings. The summed E-state index contributed by atoms with van der Waals surface area (Å²) in [6, 6.07) is 3.21. The summed E-state index contributed by atoms with van der Waals surface area (Å²) >= 11 is 0. The predicted octanol–water partition coefficient (Wildman–Crippen LogP) is 0.403. The largest absolute Gasteiger partial charge is 0.486 e. The lowest BCUT2D eigenvalue weighted by atomic mass is 10.2. The molecule has 0 spiro atoms. The van der Waals surface area contributed by atoms with Gasteiger partial charge in [0, 0.05) is 6.20 Å². The van der Waals surface area contributed by atoms with Gasteiger partial charge in [0.1, 0.15) is 29.3 Å². The zero-order valence-corrected chi connectivity index (χ0v) is 12.7. The number of aliphatic hydroxyl groups is 1. The van der Waals surface area contributed by atoms with Crippen molar-refractivity contribution in [2.24, 2.45) is 0 Å². The average Bonchev–Trinajstić information content (AvgIpc) is 3.09. The van der Waals surface area contributed by atoms with Crippen LogP contribution in [0.15, 0.2) is 29.2 Å². The van der Waals surface area contributed by atoms with E-state index in [9.17, 15) is 9.90 Å². The van der Waals surface area contributed by atoms with Crippen LogP contribution in [0.3, 0.4) is 0 Å². The van der Waals surface area contributed by atoms with Crippen LogP contribution >= 0.6 is 0 Å². The van der Waals surface area contributed by atoms with Crippen molar-refractivity contribution < 1.29 is 19.3 Å². The Morgan fingerprint density at radius 1 is 1.48 bits per heavy atom. The molecule has 3 rings (SSSR count). The van der Waals surface area contributed by atoms with Crippen LogP contribution in [-0.4, -0.2) is 44.6 Å². The van der Waals surface area contributed by atoms with Gasteiger partial charge in [0.2, 0.25) is 5.91 Å². The fourth-order valence-corrected chi connectivity index (χ4v) is 2.64. The fourth-order valence-electron chi connectivity index (χ4n) is 2.64. The monoisotopic (exact) mass is 318 g/mol. The number of hydrogen-bond donors (Lipinski definition) is 2. The molecule has 1 aliphatic carbocycles. The Balaban J connectivity index is 1.53. The molecule has 0 radical (unpaired) electrons. The number of aromatic nitrogens is 3. The first-order valence-corrected chi connectivity index (χ1v) is 7.45. The van der Waals surface area contributed by atoms with Gasteiger partial charge in [-0.25, -0.2) is 4.63 Å². The smallest absolute Gasteiger partial charge is 0.226 e. The van der Waals surface area contributed by atoms with E-state index in [0.29, 0.717) is 30.0 Å². The first-order chi connectivity index (χ1) is 11.1. The molecule has 0 unspecified atom stereocenters. The van der Waals surface area contributed by atoms with E-state index in [-0.39, 0.29) is 24.5 Å². The Labute approximate surface area is 132 Å². The molecule has 8 nitrogen and oxygen atoms in total. The minimum atomic E-state index is -0.768. The maximum atomic E-state index is 12.0. The summed E-state index contributed by atoms with van der Waals surface area (Å²) in [5.41, 5.74) is 1.09. The number of amides is 1. The summed E-state index contributed by atoms with van der Waals surface area (Å²) < 4.78 is 10.3. The number of pyridine rings is 1. The topological polar surface area (TPSA) is 110 Å². The molecule has 3 atom stereocenters. The molecule has 2 N–H and O–H groups in total. The predicted molar refractivity (Wildman–Crippen MR) is 78.6 cm³/mol. The second-order valence-corrected chi connectivity index (χ2v) is 5.56. The van der Waals surface area contributed by atoms with E-state index in [0.717, 1.165) is 0 Å². The highest BCUT2D eigenvalue weighted by Crippen LogP contribution is 2.25. The number of carbonyl (C=O) groups excluding carboxylic acids is 1. The van der Waals surface area contributed by atoms with Gasteiger partial charge in [0.15, 0.2) is 0 Å². The second-order valence-electron chi connectivity index (χ2n) is 5.56. The van der Waals surface area contributed by atoms with Gasteiger partial charge in [-0.3, -0.25) is 9.78 Å². The van der Waals surface area contributed by atoms with Crippen molar-refractivity contribution in [3.05, 3.63) is 35.9 Å². The fraction of sp³-hybridized carbons (Fsp3) is 0.467. The minimum Gasteiger partial charge on any atom is -0.486 e. The summed E-state index contributed by atoms with van der Waals surface area (Å²) in [6.45, 7) is 1.72. The van der Waals surface area contributed by atoms with Crippen LogP contribution in [0, 0.1) is 6.92 Å². The van der Waals surface area contributed by atoms with E-state index < -0.39 is 6.10 Å². The van der Waals surface area contributed by atoms with E-state index in [1.807, 2.05) is 0 Å². The van der Waals surface area contributed by atoms with Crippen molar-refractivity contribution >= 4 is 5.91 Å². The third-order valence-corrected chi connectivity index (χ3v) is 3.90. The summed E-state index contributed by atoms with van der Waals surface area (Å²) in [4.78, 5) is 16.0. The summed E-state index contributed by atoms with van der Waals surface area (Å²) in [7, 11) is 0. The van der Waals surface area contributed by atoms with Crippen LogP contribution in [0.1, 0.15) is 24.2 Å². The van der Waals surface area contributed by atoms with E-state index in [1.165, 1.54) is 0 Å². The number of aliphatic hydroxyl groups excluding tert-OH is 1. The Hall–Kier alpha value is -2.48. The third kappa shape index (κ3) is 3.65. The van der Waals surface area contributed by atoms with Gasteiger partial charge in [-0.1, -0.05) is 10.3 Å². The number of ether oxygens (including phenoxy) is 1. The maximum Gasteiger partial charge on any atom is 0.226 e. The Morgan fingerprint density at radius 3 is 3.04 bits per heavy atom. The standard InChI is InChI=1S/C15H18N4O4/c1-9-12(19-23-18-9)7-14(20)17-11-4-5-13(15(11)21)22-10-3-2-6-16-8-10/h2-3,6,8,11,13,15,21H,4-5,7H2,1H3,(H,17,20)/t11-,13-,15-/m1/s1. The lowest BCUT2D eigenvalue weighted by Gasteiger charge is -2.21. The average molecular weight is 318 g/mol. The van der Waals surface area contributed by atoms with Gasteiger partial charge in [-0.15, -0.1) is 0 Å². The lowest BCUT2D eigenvalue weighted by molar-refractivity contribution is -0.122. The van der Waals surface area contributed by atoms with Gasteiger partial charge in [0.25, 0.3) is 0 Å². The molecular weight excluding hydrogens is 300 g/mol. The summed E-state index contributed by atoms with van der Waals surface area (Å²) in [5, 5.41) is 20.5. The van der Waals surface area contributed by atoms with E-state index in [2.05, 4.69) is 25.2 Å². The second kappa shape index (κ2) is 6.74. The van der Waals surface area contributed by atoms with Gasteiger partial charge >= 0.3 is 0 Å². The van der Waals surface area contributed by atoms with Gasteiger partial charge in [-0.2, -0.15) is 0 Å². The zero-order valence-electron chi connectivity index (χ0n) is 12.7. The maximum absolute atomic E-state index is 12.0. The molecule has 0 bridgehead atoms. The Bertz CT molecular complexity index is 661. The molecule has 0 aromatic carbocycles. The number of nitrogens with zero attached hydrogens (tertiary/aromatic N) is 3. The molecule has 1 aliphatic rings. The van der Waals surface area contributed by atoms with Crippen LogP contribution in [0.5, 0.6) is 5.75 Å². The van der Waals surface area contributed by atoms with Gasteiger partial charge < -0.3 is 15.2 Å². The van der Waals surface area contributed by atoms with Crippen molar-refractivity contribution in [1.29, 1.82) is 0 Å². The number of rotatable bonds is 5. The van der Waals surface area contributed by atoms with Crippen molar-refractivity contribution in [2.45, 2.75) is 44.4 Å². The molecule has 8 heteroatoms. The van der Waals surface area contributed by atoms with Crippen LogP contribution in [0.2, 0.25) is 0 Å². The van der Waals surface area contributed by atoms with E-state index in [4.69, 9.17) is 4.74 Å². The lowest BCUT2D eigenvalue weighted by Crippen LogP contribution is -2.44. The first kappa shape index (κ1) is 15.4. The summed E-state index contributed by atoms with van der Waals surface area (Å²) in [6.07, 6.45) is 3.50. The zero-order chi connectivity index (χ0) is 16.2. The van der Waals surface area contributed by atoms with Crippen LogP contribution in [0.25, 0.3) is 0 Å². The van der Waals surface area contributed by atoms with Crippen LogP contribution < -0.4 is 10.1 Å². The van der Waals surface area contributed by atoms with Crippen LogP contribution in [0.4, 0.5) is 0 Å². The third-order valence-electron chi connectivity index (χ3n) is 3.90. The van der Waals surface area contributed by atoms with Crippen molar-refractivity contribution in [3.8, 4) is 5.75 Å². The first-order valence-electron chi connectivity index (χ1n) is 7.45.